The first kappa shape index (κ1) is 17.9. The molecule has 4 nitrogen and oxygen atoms in total. The highest BCUT2D eigenvalue weighted by atomic mass is 35.5. The second-order valence-electron chi connectivity index (χ2n) is 6.62. The molecule has 0 radical (unpaired) electrons. The molecule has 2 aromatic rings. The number of nitrogens with zero attached hydrogens (tertiary/aromatic N) is 1. The molecule has 1 saturated heterocycles. The van der Waals surface area contributed by atoms with Gasteiger partial charge in [0.05, 0.1) is 6.61 Å². The van der Waals surface area contributed by atoms with Crippen molar-refractivity contribution in [2.24, 2.45) is 5.73 Å². The third-order valence-corrected chi connectivity index (χ3v) is 5.12. The van der Waals surface area contributed by atoms with Crippen molar-refractivity contribution in [2.45, 2.75) is 24.5 Å². The fourth-order valence-electron chi connectivity index (χ4n) is 3.83. The van der Waals surface area contributed by atoms with Gasteiger partial charge in [0.1, 0.15) is 0 Å². The number of benzene rings is 2. The number of halogens is 1. The number of nitrogens with two attached hydrogens (primary N) is 1. The number of hydrogen-bond acceptors (Lipinski definition) is 3. The SMILES string of the molecule is Cl.N[C@@H]1CN(C(=O)C2OCCc3ccccc32)C[C@H]1c1ccccc1. The highest BCUT2D eigenvalue weighted by Gasteiger charge is 2.38. The smallest absolute Gasteiger partial charge is 0.256 e. The van der Waals surface area contributed by atoms with E-state index in [0.717, 1.165) is 12.0 Å². The standard InChI is InChI=1S/C20H22N2O2.ClH/c21-18-13-22(12-17(18)14-6-2-1-3-7-14)20(23)19-16-9-5-4-8-15(16)10-11-24-19;/h1-9,17-19H,10-13,21H2;1H/t17-,18+,19?;/m0./s1. The second-order valence-corrected chi connectivity index (χ2v) is 6.62. The average molecular weight is 359 g/mol. The van der Waals surface area contributed by atoms with Crippen molar-refractivity contribution in [3.63, 3.8) is 0 Å². The Morgan fingerprint density at radius 1 is 1.04 bits per heavy atom. The van der Waals surface area contributed by atoms with Gasteiger partial charge in [0.25, 0.3) is 5.91 Å². The summed E-state index contributed by atoms with van der Waals surface area (Å²) in [6.07, 6.45) is 0.378. The zero-order chi connectivity index (χ0) is 16.5. The number of hydrogen-bond donors (Lipinski definition) is 1. The molecule has 2 aliphatic rings. The van der Waals surface area contributed by atoms with Crippen LogP contribution in [0.2, 0.25) is 0 Å². The molecule has 1 unspecified atom stereocenters. The molecule has 0 spiro atoms. The van der Waals surface area contributed by atoms with Crippen molar-refractivity contribution in [1.29, 1.82) is 0 Å². The summed E-state index contributed by atoms with van der Waals surface area (Å²) in [5, 5.41) is 0. The second kappa shape index (κ2) is 7.56. The third-order valence-electron chi connectivity index (χ3n) is 5.12. The lowest BCUT2D eigenvalue weighted by Gasteiger charge is -2.28. The summed E-state index contributed by atoms with van der Waals surface area (Å²) >= 11 is 0. The molecule has 2 N–H and O–H groups in total. The summed E-state index contributed by atoms with van der Waals surface area (Å²) in [7, 11) is 0. The Kier molecular flexibility index (Phi) is 5.42. The van der Waals surface area contributed by atoms with Crippen molar-refractivity contribution in [3.05, 3.63) is 71.3 Å². The predicted molar refractivity (Wildman–Crippen MR) is 99.8 cm³/mol. The van der Waals surface area contributed by atoms with Crippen LogP contribution in [0.4, 0.5) is 0 Å². The van der Waals surface area contributed by atoms with E-state index in [1.54, 1.807) is 0 Å². The minimum atomic E-state index is -0.489. The van der Waals surface area contributed by atoms with Crippen LogP contribution < -0.4 is 5.73 Å². The minimum absolute atomic E-state index is 0. The number of amides is 1. The number of carbonyl (C=O) groups excluding carboxylic acids is 1. The highest BCUT2D eigenvalue weighted by molar-refractivity contribution is 5.85. The molecule has 0 saturated carbocycles. The predicted octanol–water partition coefficient (Wildman–Crippen LogP) is 2.68. The molecule has 2 heterocycles. The summed E-state index contributed by atoms with van der Waals surface area (Å²) < 4.78 is 5.82. The van der Waals surface area contributed by atoms with E-state index >= 15 is 0 Å². The maximum Gasteiger partial charge on any atom is 0.256 e. The van der Waals surface area contributed by atoms with Crippen molar-refractivity contribution in [2.75, 3.05) is 19.7 Å². The Bertz CT molecular complexity index is 737. The lowest BCUT2D eigenvalue weighted by molar-refractivity contribution is -0.144. The molecule has 2 aliphatic heterocycles. The maximum absolute atomic E-state index is 13.0. The zero-order valence-electron chi connectivity index (χ0n) is 14.0. The molecular formula is C20H23ClN2O2. The van der Waals surface area contributed by atoms with Crippen molar-refractivity contribution in [1.82, 2.24) is 4.90 Å². The first-order chi connectivity index (χ1) is 11.7. The Hall–Kier alpha value is -1.88. The maximum atomic E-state index is 13.0. The highest BCUT2D eigenvalue weighted by Crippen LogP contribution is 2.32. The molecule has 2 aromatic carbocycles. The first-order valence-corrected chi connectivity index (χ1v) is 8.53. The summed E-state index contributed by atoms with van der Waals surface area (Å²) in [6, 6.07) is 18.3. The molecule has 0 aromatic heterocycles. The monoisotopic (exact) mass is 358 g/mol. The van der Waals surface area contributed by atoms with Gasteiger partial charge < -0.3 is 15.4 Å². The summed E-state index contributed by atoms with van der Waals surface area (Å²) in [5.41, 5.74) is 9.75. The van der Waals surface area contributed by atoms with Crippen LogP contribution in [0.1, 0.15) is 28.7 Å². The quantitative estimate of drug-likeness (QED) is 0.898. The van der Waals surface area contributed by atoms with E-state index < -0.39 is 6.10 Å². The summed E-state index contributed by atoms with van der Waals surface area (Å²) in [6.45, 7) is 1.84. The van der Waals surface area contributed by atoms with E-state index in [4.69, 9.17) is 10.5 Å². The van der Waals surface area contributed by atoms with Gasteiger partial charge in [0, 0.05) is 25.0 Å². The molecule has 1 fully saturated rings. The van der Waals surface area contributed by atoms with Gasteiger partial charge in [-0.25, -0.2) is 0 Å². The number of fused-ring (bicyclic) bond motifs is 1. The lowest BCUT2D eigenvalue weighted by Crippen LogP contribution is -2.38. The van der Waals surface area contributed by atoms with Gasteiger partial charge in [0.15, 0.2) is 6.10 Å². The molecule has 0 bridgehead atoms. The molecule has 5 heteroatoms. The van der Waals surface area contributed by atoms with Gasteiger partial charge in [-0.3, -0.25) is 4.79 Å². The topological polar surface area (TPSA) is 55.6 Å². The van der Waals surface area contributed by atoms with Gasteiger partial charge in [-0.1, -0.05) is 54.6 Å². The fourth-order valence-corrected chi connectivity index (χ4v) is 3.83. The van der Waals surface area contributed by atoms with E-state index in [1.165, 1.54) is 11.1 Å². The molecule has 0 aliphatic carbocycles. The number of likely N-dealkylation sites (tertiary alicyclic amines) is 1. The van der Waals surface area contributed by atoms with Crippen LogP contribution >= 0.6 is 12.4 Å². The van der Waals surface area contributed by atoms with Gasteiger partial charge in [-0.15, -0.1) is 12.4 Å². The Morgan fingerprint density at radius 2 is 1.76 bits per heavy atom. The van der Waals surface area contributed by atoms with E-state index in [2.05, 4.69) is 18.2 Å². The zero-order valence-corrected chi connectivity index (χ0v) is 14.8. The van der Waals surface area contributed by atoms with Gasteiger partial charge in [0.2, 0.25) is 0 Å². The van der Waals surface area contributed by atoms with Crippen LogP contribution in [0.15, 0.2) is 54.6 Å². The molecule has 4 rings (SSSR count). The van der Waals surface area contributed by atoms with Gasteiger partial charge in [-0.2, -0.15) is 0 Å². The van der Waals surface area contributed by atoms with Crippen LogP contribution in [0.3, 0.4) is 0 Å². The normalized spacial score (nSPS) is 25.2. The van der Waals surface area contributed by atoms with E-state index in [-0.39, 0.29) is 30.3 Å². The van der Waals surface area contributed by atoms with Crippen LogP contribution in [-0.2, 0) is 16.0 Å². The van der Waals surface area contributed by atoms with Crippen molar-refractivity contribution in [3.8, 4) is 0 Å². The van der Waals surface area contributed by atoms with Crippen molar-refractivity contribution >= 4 is 18.3 Å². The number of rotatable bonds is 2. The summed E-state index contributed by atoms with van der Waals surface area (Å²) in [5.74, 6) is 0.227. The van der Waals surface area contributed by atoms with E-state index in [0.29, 0.717) is 19.7 Å². The van der Waals surface area contributed by atoms with Crippen LogP contribution in [0.25, 0.3) is 0 Å². The Morgan fingerprint density at radius 3 is 2.56 bits per heavy atom. The molecule has 132 valence electrons. The molecular weight excluding hydrogens is 336 g/mol. The minimum Gasteiger partial charge on any atom is -0.363 e. The van der Waals surface area contributed by atoms with Crippen molar-refractivity contribution < 1.29 is 9.53 Å². The molecule has 3 atom stereocenters. The van der Waals surface area contributed by atoms with Crippen LogP contribution in [-0.4, -0.2) is 36.5 Å². The number of ether oxygens (including phenoxy) is 1. The van der Waals surface area contributed by atoms with Crippen LogP contribution in [0, 0.1) is 0 Å². The van der Waals surface area contributed by atoms with Gasteiger partial charge in [-0.05, 0) is 23.1 Å². The first-order valence-electron chi connectivity index (χ1n) is 8.53. The Labute approximate surface area is 154 Å². The summed E-state index contributed by atoms with van der Waals surface area (Å²) in [4.78, 5) is 14.9. The average Bonchev–Trinajstić information content (AvgIpc) is 3.03. The van der Waals surface area contributed by atoms with Gasteiger partial charge >= 0.3 is 0 Å². The number of carbonyl (C=O) groups is 1. The fraction of sp³-hybridized carbons (Fsp3) is 0.350. The molecule has 25 heavy (non-hydrogen) atoms. The lowest BCUT2D eigenvalue weighted by atomic mass is 9.95. The van der Waals surface area contributed by atoms with E-state index in [9.17, 15) is 4.79 Å². The van der Waals surface area contributed by atoms with E-state index in [1.807, 2.05) is 41.3 Å². The molecule has 1 amide bonds. The van der Waals surface area contributed by atoms with Crippen LogP contribution in [0.5, 0.6) is 0 Å². The largest absolute Gasteiger partial charge is 0.363 e. The Balaban J connectivity index is 0.00000182. The third kappa shape index (κ3) is 3.43.